The molecule has 1 saturated heterocycles. The minimum Gasteiger partial charge on any atom is -0.367 e. The van der Waals surface area contributed by atoms with Gasteiger partial charge in [-0.2, -0.15) is 4.98 Å². The lowest BCUT2D eigenvalue weighted by molar-refractivity contribution is 0.147. The molecule has 0 amide bonds. The second-order valence-electron chi connectivity index (χ2n) is 8.83. The van der Waals surface area contributed by atoms with Crippen LogP contribution in [0.25, 0.3) is 10.9 Å². The van der Waals surface area contributed by atoms with Gasteiger partial charge in [-0.1, -0.05) is 44.2 Å². The highest BCUT2D eigenvalue weighted by atomic mass is 15.3. The number of para-hydroxylation sites is 1. The van der Waals surface area contributed by atoms with Crippen LogP contribution in [0.1, 0.15) is 57.8 Å². The van der Waals surface area contributed by atoms with Gasteiger partial charge in [0, 0.05) is 43.6 Å². The molecule has 1 aliphatic heterocycles. The predicted molar refractivity (Wildman–Crippen MR) is 116 cm³/mol. The monoisotopic (exact) mass is 379 g/mol. The van der Waals surface area contributed by atoms with Gasteiger partial charge in [-0.15, -0.1) is 0 Å². The van der Waals surface area contributed by atoms with Crippen molar-refractivity contribution in [1.82, 2.24) is 14.9 Å². The number of fused-ring (bicyclic) bond motifs is 1. The van der Waals surface area contributed by atoms with E-state index in [0.29, 0.717) is 6.04 Å². The van der Waals surface area contributed by atoms with Gasteiger partial charge in [-0.05, 0) is 37.8 Å². The average Bonchev–Trinajstić information content (AvgIpc) is 3.27. The molecule has 1 aromatic heterocycles. The Labute approximate surface area is 168 Å². The molecule has 0 atom stereocenters. The van der Waals surface area contributed by atoms with Gasteiger partial charge >= 0.3 is 0 Å². The van der Waals surface area contributed by atoms with Gasteiger partial charge < -0.3 is 10.2 Å². The minimum atomic E-state index is 0.564. The number of hydrogen-bond acceptors (Lipinski definition) is 5. The van der Waals surface area contributed by atoms with Gasteiger partial charge in [0.15, 0.2) is 0 Å². The number of hydrogen-bond donors (Lipinski definition) is 1. The number of benzene rings is 1. The standard InChI is InChI=1S/C23H33N5/c1-2-10-19(11-3-1)27-14-16-28(17-15-27)23-25-21-13-7-6-12-20(21)22(26-23)24-18-8-4-5-9-18/h6-7,12-13,18-19H,1-5,8-11,14-17H2,(H,24,25,26). The Kier molecular flexibility index (Phi) is 5.34. The summed E-state index contributed by atoms with van der Waals surface area (Å²) in [5.74, 6) is 1.93. The van der Waals surface area contributed by atoms with Crippen LogP contribution < -0.4 is 10.2 Å². The molecule has 2 saturated carbocycles. The summed E-state index contributed by atoms with van der Waals surface area (Å²) in [7, 11) is 0. The molecular formula is C23H33N5. The molecule has 0 spiro atoms. The fourth-order valence-corrected chi connectivity index (χ4v) is 5.31. The quantitative estimate of drug-likeness (QED) is 0.851. The molecule has 5 nitrogen and oxygen atoms in total. The van der Waals surface area contributed by atoms with Crippen molar-refractivity contribution in [3.63, 3.8) is 0 Å². The third kappa shape index (κ3) is 3.82. The first-order valence-electron chi connectivity index (χ1n) is 11.4. The highest BCUT2D eigenvalue weighted by Gasteiger charge is 2.27. The molecule has 3 fully saturated rings. The normalized spacial score (nSPS) is 22.8. The highest BCUT2D eigenvalue weighted by molar-refractivity contribution is 5.90. The largest absolute Gasteiger partial charge is 0.367 e. The zero-order valence-corrected chi connectivity index (χ0v) is 16.9. The third-order valence-electron chi connectivity index (χ3n) is 6.98. The zero-order valence-electron chi connectivity index (χ0n) is 16.9. The summed E-state index contributed by atoms with van der Waals surface area (Å²) in [5, 5.41) is 4.89. The van der Waals surface area contributed by atoms with Crippen LogP contribution in [-0.4, -0.2) is 53.1 Å². The van der Waals surface area contributed by atoms with Crippen molar-refractivity contribution in [3.05, 3.63) is 24.3 Å². The van der Waals surface area contributed by atoms with Crippen molar-refractivity contribution >= 4 is 22.7 Å². The van der Waals surface area contributed by atoms with E-state index >= 15 is 0 Å². The summed E-state index contributed by atoms with van der Waals surface area (Å²) in [6.07, 6.45) is 12.2. The van der Waals surface area contributed by atoms with Gasteiger partial charge in [0.2, 0.25) is 5.95 Å². The smallest absolute Gasteiger partial charge is 0.227 e. The number of nitrogens with one attached hydrogen (secondary N) is 1. The highest BCUT2D eigenvalue weighted by Crippen LogP contribution is 2.29. The number of anilines is 2. The maximum atomic E-state index is 5.01. The molecule has 3 aliphatic rings. The Morgan fingerprint density at radius 2 is 1.50 bits per heavy atom. The zero-order chi connectivity index (χ0) is 18.8. The first-order chi connectivity index (χ1) is 13.9. The first-order valence-corrected chi connectivity index (χ1v) is 11.4. The molecule has 150 valence electrons. The van der Waals surface area contributed by atoms with E-state index in [0.717, 1.165) is 54.9 Å². The van der Waals surface area contributed by atoms with E-state index in [2.05, 4.69) is 39.4 Å². The summed E-state index contributed by atoms with van der Waals surface area (Å²) in [6, 6.07) is 9.83. The second-order valence-corrected chi connectivity index (χ2v) is 8.83. The first kappa shape index (κ1) is 18.2. The van der Waals surface area contributed by atoms with Crippen LogP contribution in [0.2, 0.25) is 0 Å². The van der Waals surface area contributed by atoms with Crippen molar-refractivity contribution in [2.75, 3.05) is 36.4 Å². The molecule has 5 heteroatoms. The van der Waals surface area contributed by atoms with E-state index in [4.69, 9.17) is 9.97 Å². The Morgan fingerprint density at radius 1 is 0.786 bits per heavy atom. The van der Waals surface area contributed by atoms with E-state index in [1.165, 1.54) is 57.8 Å². The SMILES string of the molecule is c1ccc2c(NC3CCCC3)nc(N3CCN(C4CCCCC4)CC3)nc2c1. The van der Waals surface area contributed by atoms with Gasteiger partial charge in [0.1, 0.15) is 5.82 Å². The Morgan fingerprint density at radius 3 is 2.29 bits per heavy atom. The van der Waals surface area contributed by atoms with Crippen LogP contribution in [0.4, 0.5) is 11.8 Å². The lowest BCUT2D eigenvalue weighted by Crippen LogP contribution is -2.51. The number of piperazine rings is 1. The molecule has 1 aromatic carbocycles. The van der Waals surface area contributed by atoms with Crippen molar-refractivity contribution < 1.29 is 0 Å². The summed E-state index contributed by atoms with van der Waals surface area (Å²) >= 11 is 0. The fraction of sp³-hybridized carbons (Fsp3) is 0.652. The van der Waals surface area contributed by atoms with E-state index in [1.54, 1.807) is 0 Å². The molecule has 0 bridgehead atoms. The van der Waals surface area contributed by atoms with Crippen molar-refractivity contribution in [3.8, 4) is 0 Å². The van der Waals surface area contributed by atoms with Crippen molar-refractivity contribution in [2.24, 2.45) is 0 Å². The third-order valence-corrected chi connectivity index (χ3v) is 6.98. The van der Waals surface area contributed by atoms with Crippen LogP contribution in [-0.2, 0) is 0 Å². The molecule has 0 radical (unpaired) electrons. The average molecular weight is 380 g/mol. The van der Waals surface area contributed by atoms with Gasteiger partial charge in [-0.3, -0.25) is 4.90 Å². The summed E-state index contributed by atoms with van der Waals surface area (Å²) in [5.41, 5.74) is 1.06. The molecule has 1 N–H and O–H groups in total. The van der Waals surface area contributed by atoms with Crippen LogP contribution in [0.15, 0.2) is 24.3 Å². The lowest BCUT2D eigenvalue weighted by Gasteiger charge is -2.40. The Bertz CT molecular complexity index is 787. The van der Waals surface area contributed by atoms with E-state index in [1.807, 2.05) is 0 Å². The summed E-state index contributed by atoms with van der Waals surface area (Å²) in [6.45, 7) is 4.37. The maximum Gasteiger partial charge on any atom is 0.227 e. The van der Waals surface area contributed by atoms with Gasteiger partial charge in [0.05, 0.1) is 5.52 Å². The molecule has 2 heterocycles. The fourth-order valence-electron chi connectivity index (χ4n) is 5.31. The molecule has 2 aliphatic carbocycles. The van der Waals surface area contributed by atoms with Gasteiger partial charge in [-0.25, -0.2) is 4.98 Å². The molecular weight excluding hydrogens is 346 g/mol. The van der Waals surface area contributed by atoms with E-state index in [9.17, 15) is 0 Å². The van der Waals surface area contributed by atoms with Crippen LogP contribution in [0, 0.1) is 0 Å². The Hall–Kier alpha value is -1.88. The van der Waals surface area contributed by atoms with E-state index in [-0.39, 0.29) is 0 Å². The number of aromatic nitrogens is 2. The topological polar surface area (TPSA) is 44.3 Å². The molecule has 28 heavy (non-hydrogen) atoms. The minimum absolute atomic E-state index is 0.564. The van der Waals surface area contributed by atoms with E-state index < -0.39 is 0 Å². The van der Waals surface area contributed by atoms with Gasteiger partial charge in [0.25, 0.3) is 0 Å². The lowest BCUT2D eigenvalue weighted by atomic mass is 9.94. The molecule has 2 aromatic rings. The predicted octanol–water partition coefficient (Wildman–Crippen LogP) is 4.44. The van der Waals surface area contributed by atoms with Crippen LogP contribution >= 0.6 is 0 Å². The van der Waals surface area contributed by atoms with Crippen LogP contribution in [0.5, 0.6) is 0 Å². The summed E-state index contributed by atoms with van der Waals surface area (Å²) in [4.78, 5) is 15.0. The second kappa shape index (κ2) is 8.24. The molecule has 0 unspecified atom stereocenters. The maximum absolute atomic E-state index is 5.01. The van der Waals surface area contributed by atoms with Crippen molar-refractivity contribution in [2.45, 2.75) is 69.9 Å². The number of rotatable bonds is 4. The molecule has 5 rings (SSSR count). The number of nitrogens with zero attached hydrogens (tertiary/aromatic N) is 4. The van der Waals surface area contributed by atoms with Crippen LogP contribution in [0.3, 0.4) is 0 Å². The van der Waals surface area contributed by atoms with Crippen molar-refractivity contribution in [1.29, 1.82) is 0 Å². The Balaban J connectivity index is 1.34. The summed E-state index contributed by atoms with van der Waals surface area (Å²) < 4.78 is 0.